The van der Waals surface area contributed by atoms with Crippen LogP contribution in [0.15, 0.2) is 23.1 Å². The monoisotopic (exact) mass is 211 g/mol. The van der Waals surface area contributed by atoms with Crippen molar-refractivity contribution in [2.45, 2.75) is 24.2 Å². The second-order valence-corrected chi connectivity index (χ2v) is 4.28. The quantitative estimate of drug-likeness (QED) is 0.752. The van der Waals surface area contributed by atoms with Crippen LogP contribution in [0.25, 0.3) is 0 Å². The normalized spacial score (nSPS) is 12.8. The number of rotatable bonds is 4. The van der Waals surface area contributed by atoms with Crippen molar-refractivity contribution in [2.75, 3.05) is 12.8 Å². The summed E-state index contributed by atoms with van der Waals surface area (Å²) in [5.74, 6) is 0.716. The van der Waals surface area contributed by atoms with Crippen LogP contribution in [0, 0.1) is 0 Å². The summed E-state index contributed by atoms with van der Waals surface area (Å²) in [4.78, 5) is 1.09. The Morgan fingerprint density at radius 1 is 1.50 bits per heavy atom. The van der Waals surface area contributed by atoms with Crippen molar-refractivity contribution in [3.8, 4) is 5.75 Å². The third kappa shape index (κ3) is 2.66. The number of hydrogen-bond acceptors (Lipinski definition) is 3. The molecule has 0 fully saturated rings. The maximum Gasteiger partial charge on any atom is 0.120 e. The van der Waals surface area contributed by atoms with Crippen molar-refractivity contribution in [1.82, 2.24) is 0 Å². The Hall–Kier alpha value is -0.670. The van der Waals surface area contributed by atoms with E-state index in [4.69, 9.17) is 5.73 Å². The summed E-state index contributed by atoms with van der Waals surface area (Å²) in [5.41, 5.74) is 6.48. The van der Waals surface area contributed by atoms with Gasteiger partial charge in [0.25, 0.3) is 0 Å². The highest BCUT2D eigenvalue weighted by Crippen LogP contribution is 2.30. The first kappa shape index (κ1) is 11.4. The number of nitrogens with two attached hydrogens (primary N) is 1. The van der Waals surface area contributed by atoms with Gasteiger partial charge in [-0.3, -0.25) is 0 Å². The molecule has 1 unspecified atom stereocenters. The summed E-state index contributed by atoms with van der Waals surface area (Å²) in [6, 6.07) is 5.83. The molecule has 1 aromatic carbocycles. The molecule has 1 aromatic rings. The lowest BCUT2D eigenvalue weighted by Crippen LogP contribution is -2.04. The molecule has 14 heavy (non-hydrogen) atoms. The number of aromatic hydroxyl groups is 1. The molecule has 2 nitrogen and oxygen atoms in total. The van der Waals surface area contributed by atoms with Gasteiger partial charge >= 0.3 is 0 Å². The number of hydrogen-bond donors (Lipinski definition) is 2. The van der Waals surface area contributed by atoms with E-state index in [1.807, 2.05) is 24.5 Å². The van der Waals surface area contributed by atoms with Crippen molar-refractivity contribution in [3.63, 3.8) is 0 Å². The number of phenolic OH excluding ortho intramolecular Hbond substituents is 1. The molecule has 1 atom stereocenters. The fourth-order valence-electron chi connectivity index (χ4n) is 1.47. The van der Waals surface area contributed by atoms with Gasteiger partial charge in [0.1, 0.15) is 5.75 Å². The maximum absolute atomic E-state index is 9.77. The van der Waals surface area contributed by atoms with Crippen LogP contribution < -0.4 is 5.73 Å². The lowest BCUT2D eigenvalue weighted by atomic mass is 9.97. The van der Waals surface area contributed by atoms with Crippen LogP contribution in [-0.4, -0.2) is 17.9 Å². The third-order valence-electron chi connectivity index (χ3n) is 2.37. The molecule has 1 rings (SSSR count). The van der Waals surface area contributed by atoms with E-state index < -0.39 is 0 Å². The van der Waals surface area contributed by atoms with Gasteiger partial charge in [0.15, 0.2) is 0 Å². The van der Waals surface area contributed by atoms with Crippen molar-refractivity contribution < 1.29 is 5.11 Å². The van der Waals surface area contributed by atoms with Crippen LogP contribution in [0.1, 0.15) is 24.8 Å². The smallest absolute Gasteiger partial charge is 0.120 e. The summed E-state index contributed by atoms with van der Waals surface area (Å²) in [6.45, 7) is 2.74. The predicted octanol–water partition coefficient (Wildman–Crippen LogP) is 2.57. The lowest BCUT2D eigenvalue weighted by Gasteiger charge is -2.12. The highest BCUT2D eigenvalue weighted by molar-refractivity contribution is 7.98. The maximum atomic E-state index is 9.77. The van der Waals surface area contributed by atoms with E-state index >= 15 is 0 Å². The first-order chi connectivity index (χ1) is 6.69. The van der Waals surface area contributed by atoms with Gasteiger partial charge in [-0.05, 0) is 42.8 Å². The molecule has 0 saturated carbocycles. The average molecular weight is 211 g/mol. The molecule has 0 spiro atoms. The van der Waals surface area contributed by atoms with E-state index in [0.717, 1.165) is 16.9 Å². The van der Waals surface area contributed by atoms with Gasteiger partial charge in [0, 0.05) is 4.90 Å². The number of thioether (sulfide) groups is 1. The first-order valence-electron chi connectivity index (χ1n) is 4.76. The van der Waals surface area contributed by atoms with Crippen LogP contribution in [-0.2, 0) is 0 Å². The Kier molecular flexibility index (Phi) is 4.29. The molecule has 0 bridgehead atoms. The topological polar surface area (TPSA) is 46.2 Å². The molecule has 3 heteroatoms. The number of benzene rings is 1. The molecule has 0 heterocycles. The zero-order chi connectivity index (χ0) is 10.6. The Morgan fingerprint density at radius 3 is 2.71 bits per heavy atom. The van der Waals surface area contributed by atoms with Crippen LogP contribution in [0.5, 0.6) is 5.75 Å². The van der Waals surface area contributed by atoms with Crippen LogP contribution in [0.2, 0.25) is 0 Å². The zero-order valence-electron chi connectivity index (χ0n) is 8.66. The van der Waals surface area contributed by atoms with E-state index in [-0.39, 0.29) is 0 Å². The summed E-state index contributed by atoms with van der Waals surface area (Å²) >= 11 is 1.63. The van der Waals surface area contributed by atoms with E-state index in [0.29, 0.717) is 18.2 Å². The van der Waals surface area contributed by atoms with Crippen molar-refractivity contribution in [3.05, 3.63) is 23.8 Å². The minimum absolute atomic E-state index is 0.330. The van der Waals surface area contributed by atoms with Gasteiger partial charge < -0.3 is 10.8 Å². The molecular formula is C11H17NOS. The SMILES string of the molecule is CSc1ccc(C(C)CCN)c(O)c1. The van der Waals surface area contributed by atoms with Gasteiger partial charge in [0.2, 0.25) is 0 Å². The molecule has 0 aromatic heterocycles. The Labute approximate surface area is 89.5 Å². The molecule has 0 aliphatic carbocycles. The summed E-state index contributed by atoms with van der Waals surface area (Å²) in [5, 5.41) is 9.77. The minimum Gasteiger partial charge on any atom is -0.508 e. The fraction of sp³-hybridized carbons (Fsp3) is 0.455. The summed E-state index contributed by atoms with van der Waals surface area (Å²) < 4.78 is 0. The van der Waals surface area contributed by atoms with Gasteiger partial charge in [-0.15, -0.1) is 11.8 Å². The van der Waals surface area contributed by atoms with Gasteiger partial charge in [0.05, 0.1) is 0 Å². The van der Waals surface area contributed by atoms with Crippen LogP contribution in [0.4, 0.5) is 0 Å². The molecule has 0 amide bonds. The average Bonchev–Trinajstić information content (AvgIpc) is 2.17. The largest absolute Gasteiger partial charge is 0.508 e. The highest BCUT2D eigenvalue weighted by Gasteiger charge is 2.09. The van der Waals surface area contributed by atoms with Gasteiger partial charge in [-0.1, -0.05) is 13.0 Å². The molecule has 3 N–H and O–H groups in total. The summed E-state index contributed by atoms with van der Waals surface area (Å²) in [6.07, 6.45) is 2.91. The standard InChI is InChI=1S/C11H17NOS/c1-8(5-6-12)10-4-3-9(14-2)7-11(10)13/h3-4,7-8,13H,5-6,12H2,1-2H3. The highest BCUT2D eigenvalue weighted by atomic mass is 32.2. The van der Waals surface area contributed by atoms with Crippen LogP contribution in [0.3, 0.4) is 0 Å². The van der Waals surface area contributed by atoms with Crippen molar-refractivity contribution in [1.29, 1.82) is 0 Å². The van der Waals surface area contributed by atoms with Crippen molar-refractivity contribution in [2.24, 2.45) is 5.73 Å². The van der Waals surface area contributed by atoms with Gasteiger partial charge in [-0.25, -0.2) is 0 Å². The van der Waals surface area contributed by atoms with E-state index in [9.17, 15) is 5.11 Å². The number of phenols is 1. The second kappa shape index (κ2) is 5.27. The minimum atomic E-state index is 0.330. The molecule has 78 valence electrons. The Balaban J connectivity index is 2.88. The van der Waals surface area contributed by atoms with E-state index in [1.165, 1.54) is 0 Å². The molecule has 0 radical (unpaired) electrons. The first-order valence-corrected chi connectivity index (χ1v) is 5.98. The van der Waals surface area contributed by atoms with E-state index in [1.54, 1.807) is 11.8 Å². The van der Waals surface area contributed by atoms with Gasteiger partial charge in [-0.2, -0.15) is 0 Å². The second-order valence-electron chi connectivity index (χ2n) is 3.40. The fourth-order valence-corrected chi connectivity index (χ4v) is 1.91. The molecule has 0 aliphatic rings. The molecular weight excluding hydrogens is 194 g/mol. The van der Waals surface area contributed by atoms with Crippen molar-refractivity contribution >= 4 is 11.8 Å². The lowest BCUT2D eigenvalue weighted by molar-refractivity contribution is 0.459. The van der Waals surface area contributed by atoms with E-state index in [2.05, 4.69) is 6.92 Å². The molecule has 0 aliphatic heterocycles. The predicted molar refractivity (Wildman–Crippen MR) is 62.0 cm³/mol. The third-order valence-corrected chi connectivity index (χ3v) is 3.09. The zero-order valence-corrected chi connectivity index (χ0v) is 9.47. The summed E-state index contributed by atoms with van der Waals surface area (Å²) in [7, 11) is 0. The molecule has 0 saturated heterocycles. The Bertz CT molecular complexity index is 301. The Morgan fingerprint density at radius 2 is 2.21 bits per heavy atom. The van der Waals surface area contributed by atoms with Crippen LogP contribution >= 0.6 is 11.8 Å².